The van der Waals surface area contributed by atoms with Gasteiger partial charge in [-0.2, -0.15) is 0 Å². The number of nitrogens with one attached hydrogen (secondary N) is 2. The predicted molar refractivity (Wildman–Crippen MR) is 101 cm³/mol. The molecule has 0 unspecified atom stereocenters. The van der Waals surface area contributed by atoms with E-state index in [2.05, 4.69) is 15.3 Å². The van der Waals surface area contributed by atoms with Gasteiger partial charge in [-0.25, -0.2) is 14.8 Å². The number of allylic oxidation sites excluding steroid dienone is 1. The lowest BCUT2D eigenvalue weighted by Crippen LogP contribution is -2.28. The van der Waals surface area contributed by atoms with Crippen LogP contribution >= 0.6 is 0 Å². The van der Waals surface area contributed by atoms with E-state index < -0.39 is 11.9 Å². The summed E-state index contributed by atoms with van der Waals surface area (Å²) in [5, 5.41) is 19.0. The van der Waals surface area contributed by atoms with Crippen molar-refractivity contribution in [2.24, 2.45) is 0 Å². The number of nitrogens with zero attached hydrogens (tertiary/aromatic N) is 2. The Hall–Kier alpha value is -3.75. The molecule has 0 spiro atoms. The van der Waals surface area contributed by atoms with Crippen molar-refractivity contribution in [3.63, 3.8) is 0 Å². The van der Waals surface area contributed by atoms with Gasteiger partial charge in [0.05, 0.1) is 18.5 Å². The van der Waals surface area contributed by atoms with Crippen molar-refractivity contribution in [1.29, 1.82) is 5.41 Å². The molecule has 0 radical (unpaired) electrons. The molecule has 3 N–H and O–H groups in total. The molecule has 9 heteroatoms. The molecule has 28 heavy (non-hydrogen) atoms. The van der Waals surface area contributed by atoms with Gasteiger partial charge in [0.1, 0.15) is 17.3 Å². The summed E-state index contributed by atoms with van der Waals surface area (Å²) in [6.07, 6.45) is 5.18. The van der Waals surface area contributed by atoms with E-state index in [1.807, 2.05) is 13.8 Å². The Morgan fingerprint density at radius 2 is 1.89 bits per heavy atom. The minimum atomic E-state index is -1.20. The summed E-state index contributed by atoms with van der Waals surface area (Å²) in [5.74, 6) is -1.06. The van der Waals surface area contributed by atoms with Gasteiger partial charge in [-0.15, -0.1) is 0 Å². The summed E-state index contributed by atoms with van der Waals surface area (Å²) in [6, 6.07) is 4.56. The Kier molecular flexibility index (Phi) is 6.80. The zero-order valence-corrected chi connectivity index (χ0v) is 15.6. The highest BCUT2D eigenvalue weighted by molar-refractivity contribution is 6.09. The second kappa shape index (κ2) is 9.26. The second-order valence-corrected chi connectivity index (χ2v) is 5.87. The highest BCUT2D eigenvalue weighted by Gasteiger charge is 2.13. The molecule has 2 rings (SSSR count). The van der Waals surface area contributed by atoms with E-state index in [0.29, 0.717) is 5.75 Å². The van der Waals surface area contributed by atoms with Crippen LogP contribution in [0.4, 0.5) is 0 Å². The lowest BCUT2D eigenvalue weighted by molar-refractivity contribution is 0.0689. The molecule has 0 aliphatic rings. The van der Waals surface area contributed by atoms with Gasteiger partial charge in [0.15, 0.2) is 5.69 Å². The zero-order chi connectivity index (χ0) is 20.7. The zero-order valence-electron chi connectivity index (χ0n) is 15.6. The van der Waals surface area contributed by atoms with Gasteiger partial charge in [0.25, 0.3) is 5.91 Å². The standard InChI is InChI=1S/C19H20N4O5/c1-4-5-16(20)23-18(24)12-6-13(27-11(2)3)8-14(7-12)28-17-10-21-15(9-22-17)19(25)26/h4-11H,1-3H3,(H,25,26)(H2,20,23,24)/b5-4-. The van der Waals surface area contributed by atoms with Crippen molar-refractivity contribution >= 4 is 17.7 Å². The molecule has 1 aromatic heterocycles. The number of carbonyl (C=O) groups excluding carboxylic acids is 1. The summed E-state index contributed by atoms with van der Waals surface area (Å²) < 4.78 is 11.2. The molecule has 0 atom stereocenters. The maximum absolute atomic E-state index is 12.4. The van der Waals surface area contributed by atoms with Gasteiger partial charge in [-0.05, 0) is 39.0 Å². The molecule has 0 aliphatic heterocycles. The van der Waals surface area contributed by atoms with Gasteiger partial charge in [-0.1, -0.05) is 6.08 Å². The number of carbonyl (C=O) groups is 2. The van der Waals surface area contributed by atoms with Crippen LogP contribution in [0.1, 0.15) is 41.6 Å². The van der Waals surface area contributed by atoms with E-state index in [4.69, 9.17) is 20.0 Å². The molecular weight excluding hydrogens is 364 g/mol. The summed E-state index contributed by atoms with van der Waals surface area (Å²) in [7, 11) is 0. The van der Waals surface area contributed by atoms with Crippen LogP contribution in [0.2, 0.25) is 0 Å². The fraction of sp³-hybridized carbons (Fsp3) is 0.211. The molecule has 0 fully saturated rings. The van der Waals surface area contributed by atoms with Crippen LogP contribution in [-0.4, -0.2) is 38.9 Å². The van der Waals surface area contributed by atoms with Crippen molar-refractivity contribution in [2.45, 2.75) is 26.9 Å². The third kappa shape index (κ3) is 5.90. The summed E-state index contributed by atoms with van der Waals surface area (Å²) in [4.78, 5) is 30.9. The fourth-order valence-electron chi connectivity index (χ4n) is 2.10. The second-order valence-electron chi connectivity index (χ2n) is 5.87. The molecule has 1 heterocycles. The lowest BCUT2D eigenvalue weighted by atomic mass is 10.2. The van der Waals surface area contributed by atoms with Crippen LogP contribution in [-0.2, 0) is 0 Å². The van der Waals surface area contributed by atoms with E-state index >= 15 is 0 Å². The highest BCUT2D eigenvalue weighted by atomic mass is 16.5. The number of hydrogen-bond acceptors (Lipinski definition) is 7. The Morgan fingerprint density at radius 1 is 1.18 bits per heavy atom. The van der Waals surface area contributed by atoms with Gasteiger partial charge in [-0.3, -0.25) is 10.2 Å². The van der Waals surface area contributed by atoms with Crippen LogP contribution in [0.15, 0.2) is 42.7 Å². The number of carboxylic acids is 1. The minimum absolute atomic E-state index is 0.0553. The molecule has 9 nitrogen and oxygen atoms in total. The molecule has 1 amide bonds. The third-order valence-corrected chi connectivity index (χ3v) is 3.17. The van der Waals surface area contributed by atoms with Crippen LogP contribution in [0.3, 0.4) is 0 Å². The van der Waals surface area contributed by atoms with Crippen molar-refractivity contribution in [1.82, 2.24) is 15.3 Å². The molecule has 2 aromatic rings. The number of benzene rings is 1. The molecule has 1 aromatic carbocycles. The molecule has 0 saturated heterocycles. The third-order valence-electron chi connectivity index (χ3n) is 3.17. The smallest absolute Gasteiger partial charge is 0.356 e. The number of rotatable bonds is 7. The van der Waals surface area contributed by atoms with Crippen molar-refractivity contribution in [2.75, 3.05) is 0 Å². The average molecular weight is 384 g/mol. The van der Waals surface area contributed by atoms with E-state index in [0.717, 1.165) is 6.20 Å². The number of aromatic nitrogens is 2. The van der Waals surface area contributed by atoms with Crippen LogP contribution in [0.5, 0.6) is 17.4 Å². The van der Waals surface area contributed by atoms with E-state index in [1.165, 1.54) is 24.4 Å². The summed E-state index contributed by atoms with van der Waals surface area (Å²) in [6.45, 7) is 5.41. The van der Waals surface area contributed by atoms with Crippen molar-refractivity contribution in [3.8, 4) is 17.4 Å². The average Bonchev–Trinajstić information content (AvgIpc) is 2.61. The minimum Gasteiger partial charge on any atom is -0.491 e. The Balaban J connectivity index is 2.30. The Labute approximate surface area is 161 Å². The number of aromatic carboxylic acids is 1. The van der Waals surface area contributed by atoms with E-state index in [9.17, 15) is 9.59 Å². The molecular formula is C19H20N4O5. The number of amidine groups is 1. The number of ether oxygens (including phenoxy) is 2. The topological polar surface area (TPSA) is 134 Å². The van der Waals surface area contributed by atoms with Gasteiger partial charge in [0.2, 0.25) is 5.88 Å². The van der Waals surface area contributed by atoms with Crippen molar-refractivity contribution in [3.05, 3.63) is 54.0 Å². The quantitative estimate of drug-likeness (QED) is 0.493. The Morgan fingerprint density at radius 3 is 2.46 bits per heavy atom. The summed E-state index contributed by atoms with van der Waals surface area (Å²) in [5.41, 5.74) is 0.00400. The number of amides is 1. The van der Waals surface area contributed by atoms with E-state index in [1.54, 1.807) is 19.1 Å². The SMILES string of the molecule is C/C=C\C(=N)NC(=O)c1cc(Oc2cnc(C(=O)O)cn2)cc(OC(C)C)c1. The lowest BCUT2D eigenvalue weighted by Gasteiger charge is -2.13. The molecule has 0 saturated carbocycles. The highest BCUT2D eigenvalue weighted by Crippen LogP contribution is 2.27. The first-order valence-corrected chi connectivity index (χ1v) is 8.36. The van der Waals surface area contributed by atoms with Crippen LogP contribution < -0.4 is 14.8 Å². The van der Waals surface area contributed by atoms with Gasteiger partial charge >= 0.3 is 5.97 Å². The maximum atomic E-state index is 12.4. The monoisotopic (exact) mass is 384 g/mol. The first-order chi connectivity index (χ1) is 13.3. The van der Waals surface area contributed by atoms with Gasteiger partial charge < -0.3 is 19.9 Å². The normalized spacial score (nSPS) is 10.7. The molecule has 146 valence electrons. The molecule has 0 bridgehead atoms. The first-order valence-electron chi connectivity index (χ1n) is 8.36. The van der Waals surface area contributed by atoms with E-state index in [-0.39, 0.29) is 34.8 Å². The van der Waals surface area contributed by atoms with Crippen molar-refractivity contribution < 1.29 is 24.2 Å². The predicted octanol–water partition coefficient (Wildman–Crippen LogP) is 3.04. The fourth-order valence-corrected chi connectivity index (χ4v) is 2.10. The first kappa shape index (κ1) is 20.6. The maximum Gasteiger partial charge on any atom is 0.356 e. The Bertz CT molecular complexity index is 907. The van der Waals surface area contributed by atoms with Crippen LogP contribution in [0, 0.1) is 5.41 Å². The largest absolute Gasteiger partial charge is 0.491 e. The number of carboxylic acid groups (broad SMARTS) is 1. The molecule has 0 aliphatic carbocycles. The summed E-state index contributed by atoms with van der Waals surface area (Å²) >= 11 is 0. The van der Waals surface area contributed by atoms with Gasteiger partial charge in [0, 0.05) is 11.6 Å². The van der Waals surface area contributed by atoms with Crippen LogP contribution in [0.25, 0.3) is 0 Å². The number of hydrogen-bond donors (Lipinski definition) is 3.